The largest absolute Gasteiger partial charge is 0.467 e. The van der Waals surface area contributed by atoms with Crippen LogP contribution in [0, 0.1) is 0 Å². The summed E-state index contributed by atoms with van der Waals surface area (Å²) < 4.78 is 4.59. The zero-order chi connectivity index (χ0) is 13.3. The van der Waals surface area contributed by atoms with Crippen LogP contribution in [0.4, 0.5) is 0 Å². The molecule has 0 saturated carbocycles. The van der Waals surface area contributed by atoms with E-state index in [-0.39, 0.29) is 18.6 Å². The van der Waals surface area contributed by atoms with Crippen LogP contribution in [0.15, 0.2) is 0 Å². The summed E-state index contributed by atoms with van der Waals surface area (Å²) in [5.74, 6) is -0.743. The Bertz CT molecular complexity index is 246. The van der Waals surface area contributed by atoms with Gasteiger partial charge in [0.25, 0.3) is 0 Å². The van der Waals surface area contributed by atoms with E-state index in [1.165, 1.54) is 14.0 Å². The third-order valence-corrected chi connectivity index (χ3v) is 2.33. The van der Waals surface area contributed by atoms with Crippen molar-refractivity contribution in [3.63, 3.8) is 0 Å². The molecule has 0 saturated heterocycles. The van der Waals surface area contributed by atoms with Gasteiger partial charge in [0.2, 0.25) is 5.91 Å². The van der Waals surface area contributed by atoms with Gasteiger partial charge in [0, 0.05) is 26.1 Å². The van der Waals surface area contributed by atoms with E-state index >= 15 is 0 Å². The number of hydrogen-bond acceptors (Lipinski definition) is 5. The average Bonchev–Trinajstić information content (AvgIpc) is 2.30. The van der Waals surface area contributed by atoms with Crippen LogP contribution in [0.1, 0.15) is 26.7 Å². The predicted octanol–water partition coefficient (Wildman–Crippen LogP) is -0.585. The van der Waals surface area contributed by atoms with Crippen molar-refractivity contribution in [3.05, 3.63) is 0 Å². The van der Waals surface area contributed by atoms with E-state index in [0.717, 1.165) is 6.42 Å². The van der Waals surface area contributed by atoms with Gasteiger partial charge in [0.15, 0.2) is 0 Å². The standard InChI is InChI=1S/C11H22N2O4/c1-8(5-4-6-14)12-7-10(11(16)17-3)13-9(2)15/h8,10,12,14H,4-7H2,1-3H3,(H,13,15). The summed E-state index contributed by atoms with van der Waals surface area (Å²) in [6.07, 6.45) is 1.52. The third-order valence-electron chi connectivity index (χ3n) is 2.33. The normalized spacial score (nSPS) is 13.9. The van der Waals surface area contributed by atoms with E-state index in [1.807, 2.05) is 6.92 Å². The van der Waals surface area contributed by atoms with Crippen molar-refractivity contribution >= 4 is 11.9 Å². The summed E-state index contributed by atoms with van der Waals surface area (Å²) >= 11 is 0. The Morgan fingerprint density at radius 2 is 2.06 bits per heavy atom. The Balaban J connectivity index is 4.06. The minimum absolute atomic E-state index is 0.151. The van der Waals surface area contributed by atoms with E-state index in [2.05, 4.69) is 15.4 Å². The molecule has 0 aliphatic heterocycles. The van der Waals surface area contributed by atoms with E-state index in [9.17, 15) is 9.59 Å². The molecule has 17 heavy (non-hydrogen) atoms. The Kier molecular flexibility index (Phi) is 8.35. The van der Waals surface area contributed by atoms with Crippen LogP contribution in [-0.4, -0.2) is 49.3 Å². The molecule has 0 aliphatic carbocycles. The van der Waals surface area contributed by atoms with E-state index < -0.39 is 12.0 Å². The number of aliphatic hydroxyl groups excluding tert-OH is 1. The molecular formula is C11H22N2O4. The van der Waals surface area contributed by atoms with Crippen LogP contribution in [0.25, 0.3) is 0 Å². The number of esters is 1. The first-order valence-electron chi connectivity index (χ1n) is 5.70. The molecule has 100 valence electrons. The summed E-state index contributed by atoms with van der Waals surface area (Å²) in [6, 6.07) is -0.503. The first kappa shape index (κ1) is 15.9. The summed E-state index contributed by atoms with van der Waals surface area (Å²) in [5, 5.41) is 14.3. The Morgan fingerprint density at radius 3 is 2.53 bits per heavy atom. The predicted molar refractivity (Wildman–Crippen MR) is 63.4 cm³/mol. The fourth-order valence-corrected chi connectivity index (χ4v) is 1.40. The number of amides is 1. The number of rotatable bonds is 8. The quantitative estimate of drug-likeness (QED) is 0.498. The highest BCUT2D eigenvalue weighted by Crippen LogP contribution is 1.96. The topological polar surface area (TPSA) is 87.7 Å². The Labute approximate surface area is 102 Å². The van der Waals surface area contributed by atoms with Crippen molar-refractivity contribution in [2.45, 2.75) is 38.8 Å². The number of aliphatic hydroxyl groups is 1. The molecule has 0 spiro atoms. The summed E-state index contributed by atoms with van der Waals surface area (Å²) in [6.45, 7) is 3.78. The lowest BCUT2D eigenvalue weighted by atomic mass is 10.2. The van der Waals surface area contributed by atoms with Gasteiger partial charge in [-0.15, -0.1) is 0 Å². The molecule has 0 aromatic carbocycles. The van der Waals surface area contributed by atoms with Gasteiger partial charge in [-0.3, -0.25) is 4.79 Å². The van der Waals surface area contributed by atoms with Gasteiger partial charge < -0.3 is 20.5 Å². The lowest BCUT2D eigenvalue weighted by Gasteiger charge is -2.19. The molecule has 0 rings (SSSR count). The zero-order valence-corrected chi connectivity index (χ0v) is 10.7. The fourth-order valence-electron chi connectivity index (χ4n) is 1.40. The third kappa shape index (κ3) is 7.70. The Morgan fingerprint density at radius 1 is 1.41 bits per heavy atom. The van der Waals surface area contributed by atoms with Gasteiger partial charge in [-0.25, -0.2) is 4.79 Å². The van der Waals surface area contributed by atoms with Gasteiger partial charge in [-0.05, 0) is 19.8 Å². The molecule has 6 heteroatoms. The number of hydrogen-bond donors (Lipinski definition) is 3. The minimum Gasteiger partial charge on any atom is -0.467 e. The number of carbonyl (C=O) groups is 2. The maximum absolute atomic E-state index is 11.4. The van der Waals surface area contributed by atoms with Crippen LogP contribution < -0.4 is 10.6 Å². The first-order chi connectivity index (χ1) is 8.01. The highest BCUT2D eigenvalue weighted by atomic mass is 16.5. The number of carbonyl (C=O) groups excluding carboxylic acids is 2. The lowest BCUT2D eigenvalue weighted by molar-refractivity contribution is -0.144. The van der Waals surface area contributed by atoms with E-state index in [1.54, 1.807) is 0 Å². The summed E-state index contributed by atoms with van der Waals surface area (Å²) in [5.41, 5.74) is 0. The second-order valence-electron chi connectivity index (χ2n) is 3.95. The van der Waals surface area contributed by atoms with Gasteiger partial charge in [0.1, 0.15) is 6.04 Å². The van der Waals surface area contributed by atoms with Crippen molar-refractivity contribution in [2.24, 2.45) is 0 Å². The Hall–Kier alpha value is -1.14. The molecule has 0 bridgehead atoms. The van der Waals surface area contributed by atoms with Crippen LogP contribution in [0.2, 0.25) is 0 Å². The average molecular weight is 246 g/mol. The molecular weight excluding hydrogens is 224 g/mol. The van der Waals surface area contributed by atoms with E-state index in [0.29, 0.717) is 13.0 Å². The summed E-state index contributed by atoms with van der Waals surface area (Å²) in [4.78, 5) is 22.3. The van der Waals surface area contributed by atoms with Crippen LogP contribution in [0.5, 0.6) is 0 Å². The highest BCUT2D eigenvalue weighted by Gasteiger charge is 2.20. The van der Waals surface area contributed by atoms with Gasteiger partial charge in [0.05, 0.1) is 7.11 Å². The van der Waals surface area contributed by atoms with Crippen molar-refractivity contribution in [3.8, 4) is 0 Å². The first-order valence-corrected chi connectivity index (χ1v) is 5.70. The van der Waals surface area contributed by atoms with Gasteiger partial charge in [-0.2, -0.15) is 0 Å². The maximum atomic E-state index is 11.4. The molecule has 0 aliphatic rings. The minimum atomic E-state index is -0.672. The molecule has 6 nitrogen and oxygen atoms in total. The fraction of sp³-hybridized carbons (Fsp3) is 0.818. The van der Waals surface area contributed by atoms with Gasteiger partial charge in [-0.1, -0.05) is 0 Å². The monoisotopic (exact) mass is 246 g/mol. The van der Waals surface area contributed by atoms with Crippen molar-refractivity contribution in [2.75, 3.05) is 20.3 Å². The van der Waals surface area contributed by atoms with Gasteiger partial charge >= 0.3 is 5.97 Å². The summed E-state index contributed by atoms with van der Waals surface area (Å²) in [7, 11) is 1.28. The maximum Gasteiger partial charge on any atom is 0.329 e. The van der Waals surface area contributed by atoms with Crippen molar-refractivity contribution < 1.29 is 19.4 Å². The highest BCUT2D eigenvalue weighted by molar-refractivity contribution is 5.83. The lowest BCUT2D eigenvalue weighted by Crippen LogP contribution is -2.48. The van der Waals surface area contributed by atoms with E-state index in [4.69, 9.17) is 5.11 Å². The molecule has 3 N–H and O–H groups in total. The molecule has 1 amide bonds. The number of ether oxygens (including phenoxy) is 1. The van der Waals surface area contributed by atoms with Crippen molar-refractivity contribution in [1.82, 2.24) is 10.6 Å². The van der Waals surface area contributed by atoms with Crippen LogP contribution in [0.3, 0.4) is 0 Å². The van der Waals surface area contributed by atoms with Crippen molar-refractivity contribution in [1.29, 1.82) is 0 Å². The number of nitrogens with one attached hydrogen (secondary N) is 2. The smallest absolute Gasteiger partial charge is 0.329 e. The molecule has 0 fully saturated rings. The van der Waals surface area contributed by atoms with Crippen LogP contribution in [-0.2, 0) is 14.3 Å². The second kappa shape index (κ2) is 8.95. The molecule has 0 aromatic heterocycles. The zero-order valence-electron chi connectivity index (χ0n) is 10.7. The molecule has 0 heterocycles. The van der Waals surface area contributed by atoms with Crippen LogP contribution >= 0.6 is 0 Å². The molecule has 0 radical (unpaired) electrons. The molecule has 2 unspecified atom stereocenters. The SMILES string of the molecule is COC(=O)C(CNC(C)CCCO)NC(C)=O. The second-order valence-corrected chi connectivity index (χ2v) is 3.95. The molecule has 0 aromatic rings. The number of methoxy groups -OCH3 is 1. The molecule has 2 atom stereocenters.